The lowest BCUT2D eigenvalue weighted by atomic mass is 9.80. The molecule has 34 heavy (non-hydrogen) atoms. The van der Waals surface area contributed by atoms with E-state index in [0.29, 0.717) is 18.4 Å². The van der Waals surface area contributed by atoms with Crippen LogP contribution in [0.15, 0.2) is 30.3 Å². The Morgan fingerprint density at radius 3 is 2.09 bits per heavy atom. The van der Waals surface area contributed by atoms with Crippen LogP contribution in [0.5, 0.6) is 0 Å². The number of benzene rings is 1. The second-order valence-electron chi connectivity index (χ2n) is 9.93. The molecule has 0 saturated heterocycles. The molecule has 1 aromatic carbocycles. The molecule has 0 heterocycles. The van der Waals surface area contributed by atoms with E-state index in [1.54, 1.807) is 0 Å². The van der Waals surface area contributed by atoms with Gasteiger partial charge in [-0.15, -0.1) is 0 Å². The van der Waals surface area contributed by atoms with Gasteiger partial charge in [0.25, 0.3) is 0 Å². The summed E-state index contributed by atoms with van der Waals surface area (Å²) in [6.07, 6.45) is 2.77. The van der Waals surface area contributed by atoms with Crippen LogP contribution in [-0.4, -0.2) is 49.6 Å². The molecule has 0 aliphatic heterocycles. The molecule has 7 nitrogen and oxygen atoms in total. The Bertz CT molecular complexity index is 692. The van der Waals surface area contributed by atoms with Crippen molar-refractivity contribution in [2.45, 2.75) is 79.1 Å². The van der Waals surface area contributed by atoms with Crippen LogP contribution < -0.4 is 5.32 Å². The van der Waals surface area contributed by atoms with Gasteiger partial charge in [-0.1, -0.05) is 70.9 Å². The zero-order chi connectivity index (χ0) is 25.5. The van der Waals surface area contributed by atoms with Gasteiger partial charge in [-0.3, -0.25) is 0 Å². The van der Waals surface area contributed by atoms with Crippen LogP contribution >= 0.6 is 0 Å². The number of ether oxygens (including phenoxy) is 3. The van der Waals surface area contributed by atoms with Gasteiger partial charge in [0.2, 0.25) is 0 Å². The molecule has 4 atom stereocenters. The normalized spacial score (nSPS) is 15.0. The number of alkyl carbamates (subject to hydrolysis) is 1. The summed E-state index contributed by atoms with van der Waals surface area (Å²) in [4.78, 5) is 24.5. The Morgan fingerprint density at radius 1 is 0.912 bits per heavy atom. The van der Waals surface area contributed by atoms with Crippen LogP contribution in [0.1, 0.15) is 65.9 Å². The van der Waals surface area contributed by atoms with E-state index in [1.807, 2.05) is 37.3 Å². The first kappa shape index (κ1) is 29.9. The first-order chi connectivity index (χ1) is 16.1. The molecule has 1 aromatic rings. The third-order valence-corrected chi connectivity index (χ3v) is 6.02. The molecule has 0 aliphatic carbocycles. The van der Waals surface area contributed by atoms with Crippen molar-refractivity contribution in [3.05, 3.63) is 35.9 Å². The number of carbonyl (C=O) groups excluding carboxylic acids is 2. The van der Waals surface area contributed by atoms with Gasteiger partial charge in [-0.25, -0.2) is 9.59 Å². The topological polar surface area (TPSA) is 94.1 Å². The lowest BCUT2D eigenvalue weighted by Crippen LogP contribution is -2.45. The molecule has 194 valence electrons. The predicted octanol–water partition coefficient (Wildman–Crippen LogP) is 4.96. The van der Waals surface area contributed by atoms with Crippen LogP contribution in [0.4, 0.5) is 4.79 Å². The fourth-order valence-electron chi connectivity index (χ4n) is 3.92. The highest BCUT2D eigenvalue weighted by Crippen LogP contribution is 2.29. The Balaban J connectivity index is 2.70. The maximum atomic E-state index is 12.2. The Morgan fingerprint density at radius 2 is 1.53 bits per heavy atom. The first-order valence-corrected chi connectivity index (χ1v) is 12.4. The molecule has 2 N–H and O–H groups in total. The zero-order valence-corrected chi connectivity index (χ0v) is 21.8. The Hall–Kier alpha value is -2.12. The zero-order valence-electron chi connectivity index (χ0n) is 21.8. The monoisotopic (exact) mass is 479 g/mol. The predicted molar refractivity (Wildman–Crippen MR) is 133 cm³/mol. The second kappa shape index (κ2) is 16.5. The lowest BCUT2D eigenvalue weighted by Gasteiger charge is -2.31. The van der Waals surface area contributed by atoms with Crippen molar-refractivity contribution in [1.29, 1.82) is 0 Å². The van der Waals surface area contributed by atoms with E-state index in [1.165, 1.54) is 7.11 Å². The van der Waals surface area contributed by atoms with E-state index >= 15 is 0 Å². The lowest BCUT2D eigenvalue weighted by molar-refractivity contribution is -0.145. The van der Waals surface area contributed by atoms with E-state index in [9.17, 15) is 14.7 Å². The van der Waals surface area contributed by atoms with Gasteiger partial charge in [0, 0.05) is 6.61 Å². The minimum atomic E-state index is -0.973. The van der Waals surface area contributed by atoms with Gasteiger partial charge in [0.15, 0.2) is 6.04 Å². The van der Waals surface area contributed by atoms with Gasteiger partial charge < -0.3 is 24.6 Å². The third-order valence-electron chi connectivity index (χ3n) is 6.02. The summed E-state index contributed by atoms with van der Waals surface area (Å²) in [6.45, 7) is 11.0. The van der Waals surface area contributed by atoms with Crippen LogP contribution in [0.25, 0.3) is 0 Å². The minimum absolute atomic E-state index is 0.0258. The maximum Gasteiger partial charge on any atom is 0.408 e. The highest BCUT2D eigenvalue weighted by molar-refractivity contribution is 5.81. The standard InChI is InChI=1S/C27H45NO6/c1-19(2)12-14-23(24(21(5)29)15-13-20(3)4)17-33-18-25(26(30)32-6)28-27(31)34-16-22-10-8-7-9-11-22/h7-11,19-21,23-25,29H,12-18H2,1-6H3,(H,28,31)/t21-,23-,24-,25-/m0/s1. The van der Waals surface area contributed by atoms with Crippen molar-refractivity contribution in [2.75, 3.05) is 20.3 Å². The number of carbonyl (C=O) groups is 2. The van der Waals surface area contributed by atoms with E-state index < -0.39 is 24.2 Å². The maximum absolute atomic E-state index is 12.2. The number of hydrogen-bond donors (Lipinski definition) is 2. The molecule has 0 saturated carbocycles. The summed E-state index contributed by atoms with van der Waals surface area (Å²) in [5, 5.41) is 13.0. The van der Waals surface area contributed by atoms with Crippen molar-refractivity contribution < 1.29 is 28.9 Å². The summed E-state index contributed by atoms with van der Waals surface area (Å²) in [7, 11) is 1.27. The van der Waals surface area contributed by atoms with Gasteiger partial charge in [0.1, 0.15) is 6.61 Å². The highest BCUT2D eigenvalue weighted by Gasteiger charge is 2.28. The smallest absolute Gasteiger partial charge is 0.408 e. The van der Waals surface area contributed by atoms with Crippen LogP contribution in [0.3, 0.4) is 0 Å². The summed E-state index contributed by atoms with van der Waals surface area (Å²) in [5.41, 5.74) is 0.849. The van der Waals surface area contributed by atoms with Gasteiger partial charge in [-0.05, 0) is 49.0 Å². The van der Waals surface area contributed by atoms with E-state index in [-0.39, 0.29) is 25.0 Å². The number of rotatable bonds is 16. The number of aliphatic hydroxyl groups is 1. The van der Waals surface area contributed by atoms with Crippen molar-refractivity contribution in [2.24, 2.45) is 23.7 Å². The summed E-state index contributed by atoms with van der Waals surface area (Å²) >= 11 is 0. The van der Waals surface area contributed by atoms with Crippen LogP contribution in [0, 0.1) is 23.7 Å². The molecule has 0 aliphatic rings. The fraction of sp³-hybridized carbons (Fsp3) is 0.704. The number of aliphatic hydroxyl groups excluding tert-OH is 1. The van der Waals surface area contributed by atoms with Crippen molar-refractivity contribution >= 4 is 12.1 Å². The molecule has 0 spiro atoms. The number of nitrogens with one attached hydrogen (secondary N) is 1. The molecule has 0 unspecified atom stereocenters. The number of hydrogen-bond acceptors (Lipinski definition) is 6. The summed E-state index contributed by atoms with van der Waals surface area (Å²) in [6, 6.07) is 8.33. The molecular formula is C27H45NO6. The second-order valence-corrected chi connectivity index (χ2v) is 9.93. The van der Waals surface area contributed by atoms with Crippen molar-refractivity contribution in [3.63, 3.8) is 0 Å². The molecular weight excluding hydrogens is 434 g/mol. The summed E-state index contributed by atoms with van der Waals surface area (Å²) in [5.74, 6) is 0.780. The molecule has 0 radical (unpaired) electrons. The SMILES string of the molecule is COC(=O)[C@H](COC[C@H](CCC(C)C)[C@@H](CCC(C)C)[C@H](C)O)NC(=O)OCc1ccccc1. The van der Waals surface area contributed by atoms with Crippen LogP contribution in [0.2, 0.25) is 0 Å². The average molecular weight is 480 g/mol. The summed E-state index contributed by atoms with van der Waals surface area (Å²) < 4.78 is 16.0. The van der Waals surface area contributed by atoms with Crippen molar-refractivity contribution in [3.8, 4) is 0 Å². The molecule has 1 rings (SSSR count). The van der Waals surface area contributed by atoms with Gasteiger partial charge in [-0.2, -0.15) is 0 Å². The molecule has 0 bridgehead atoms. The molecule has 0 aromatic heterocycles. The Kier molecular flexibility index (Phi) is 14.5. The number of methoxy groups -OCH3 is 1. The first-order valence-electron chi connectivity index (χ1n) is 12.4. The Labute approximate surface area is 205 Å². The molecule has 0 fully saturated rings. The number of esters is 1. The molecule has 7 heteroatoms. The quantitative estimate of drug-likeness (QED) is 0.326. The largest absolute Gasteiger partial charge is 0.467 e. The highest BCUT2D eigenvalue weighted by atomic mass is 16.6. The third kappa shape index (κ3) is 12.4. The van der Waals surface area contributed by atoms with E-state index in [0.717, 1.165) is 31.2 Å². The van der Waals surface area contributed by atoms with Crippen LogP contribution in [-0.2, 0) is 25.6 Å². The average Bonchev–Trinajstić information content (AvgIpc) is 2.79. The van der Waals surface area contributed by atoms with Gasteiger partial charge in [0.05, 0.1) is 19.8 Å². The molecule has 1 amide bonds. The van der Waals surface area contributed by atoms with E-state index in [4.69, 9.17) is 14.2 Å². The van der Waals surface area contributed by atoms with E-state index in [2.05, 4.69) is 33.0 Å². The fourth-order valence-corrected chi connectivity index (χ4v) is 3.92. The number of amides is 1. The van der Waals surface area contributed by atoms with Gasteiger partial charge >= 0.3 is 12.1 Å². The minimum Gasteiger partial charge on any atom is -0.467 e. The van der Waals surface area contributed by atoms with Crippen molar-refractivity contribution in [1.82, 2.24) is 5.32 Å².